The van der Waals surface area contributed by atoms with Gasteiger partial charge in [-0.3, -0.25) is 14.3 Å². The number of aliphatic hydroxyl groups is 1. The molecule has 0 aliphatic rings. The minimum atomic E-state index is -3.73. The Bertz CT molecular complexity index is 1840. The molecule has 0 spiro atoms. The monoisotopic (exact) mass is 702 g/mol. The molecule has 2 amide bonds. The highest BCUT2D eigenvalue weighted by molar-refractivity contribution is 7.92. The van der Waals surface area contributed by atoms with E-state index in [1.54, 1.807) is 26.4 Å². The molecule has 266 valence electrons. The first kappa shape index (κ1) is 37.9. The topological polar surface area (TPSA) is 155 Å². The average molecular weight is 703 g/mol. The maximum Gasteiger partial charge on any atom is 0.251 e. The first-order chi connectivity index (χ1) is 23.9. The largest absolute Gasteiger partial charge is 0.497 e. The summed E-state index contributed by atoms with van der Waals surface area (Å²) in [6, 6.07) is 27.2. The second-order valence-corrected chi connectivity index (χ2v) is 14.0. The number of carbonyl (C=O) groups is 2. The van der Waals surface area contributed by atoms with Gasteiger partial charge in [0.25, 0.3) is 11.8 Å². The van der Waals surface area contributed by atoms with E-state index in [-0.39, 0.29) is 35.2 Å². The molecule has 0 saturated heterocycles. The predicted molar refractivity (Wildman–Crippen MR) is 195 cm³/mol. The number of carbonyl (C=O) groups excluding carboxylic acids is 2. The third kappa shape index (κ3) is 10.8. The van der Waals surface area contributed by atoms with E-state index in [0.29, 0.717) is 12.2 Å². The molecule has 0 unspecified atom stereocenters. The lowest BCUT2D eigenvalue weighted by Gasteiger charge is -2.26. The SMILES string of the molecule is CCS(=O)(=O)Nc1cc(C(=O)N[C@@H](Cc2ccccc2)[C@H](O)CN[C@H](C)c2ccc(OC)cc2)cc(C(=O)N[C@H](C)c2cccc(OC)c2)c1. The first-order valence-corrected chi connectivity index (χ1v) is 18.1. The van der Waals surface area contributed by atoms with E-state index in [1.165, 1.54) is 25.1 Å². The van der Waals surface area contributed by atoms with E-state index >= 15 is 0 Å². The Hall–Kier alpha value is -4.91. The summed E-state index contributed by atoms with van der Waals surface area (Å²) in [5.74, 6) is 0.0805. The third-order valence-corrected chi connectivity index (χ3v) is 9.69. The lowest BCUT2D eigenvalue weighted by atomic mass is 9.99. The van der Waals surface area contributed by atoms with Gasteiger partial charge in [-0.05, 0) is 86.3 Å². The van der Waals surface area contributed by atoms with E-state index in [0.717, 1.165) is 22.4 Å². The molecule has 0 heterocycles. The molecule has 4 aromatic rings. The Labute approximate surface area is 294 Å². The maximum absolute atomic E-state index is 13.9. The Balaban J connectivity index is 1.58. The van der Waals surface area contributed by atoms with Crippen molar-refractivity contribution in [2.24, 2.45) is 0 Å². The van der Waals surface area contributed by atoms with Crippen molar-refractivity contribution in [1.29, 1.82) is 0 Å². The van der Waals surface area contributed by atoms with Crippen LogP contribution in [0.25, 0.3) is 0 Å². The fourth-order valence-electron chi connectivity index (χ4n) is 5.33. The van der Waals surface area contributed by atoms with Crippen molar-refractivity contribution in [3.8, 4) is 11.5 Å². The molecule has 4 atom stereocenters. The first-order valence-electron chi connectivity index (χ1n) is 16.4. The Kier molecular flexibility index (Phi) is 13.4. The fraction of sp³-hybridized carbons (Fsp3) is 0.316. The predicted octanol–water partition coefficient (Wildman–Crippen LogP) is 5.01. The van der Waals surface area contributed by atoms with Crippen LogP contribution in [0.3, 0.4) is 0 Å². The second kappa shape index (κ2) is 17.7. The molecule has 4 rings (SSSR count). The molecule has 12 heteroatoms. The highest BCUT2D eigenvalue weighted by Crippen LogP contribution is 2.22. The van der Waals surface area contributed by atoms with Crippen LogP contribution in [0.2, 0.25) is 0 Å². The fourth-order valence-corrected chi connectivity index (χ4v) is 5.95. The number of benzene rings is 4. The molecular weight excluding hydrogens is 657 g/mol. The molecule has 4 aromatic carbocycles. The van der Waals surface area contributed by atoms with Crippen LogP contribution >= 0.6 is 0 Å². The quantitative estimate of drug-likeness (QED) is 0.103. The summed E-state index contributed by atoms with van der Waals surface area (Å²) in [5.41, 5.74) is 2.89. The third-order valence-electron chi connectivity index (χ3n) is 8.38. The van der Waals surface area contributed by atoms with Crippen LogP contribution in [-0.2, 0) is 16.4 Å². The van der Waals surface area contributed by atoms with Crippen LogP contribution in [0.1, 0.15) is 70.3 Å². The molecule has 0 fully saturated rings. The van der Waals surface area contributed by atoms with Crippen LogP contribution < -0.4 is 30.1 Å². The maximum atomic E-state index is 13.9. The van der Waals surface area contributed by atoms with Crippen molar-refractivity contribution in [3.63, 3.8) is 0 Å². The summed E-state index contributed by atoms with van der Waals surface area (Å²) in [6.07, 6.45) is -0.687. The van der Waals surface area contributed by atoms with Gasteiger partial charge in [-0.15, -0.1) is 0 Å². The Morgan fingerprint density at radius 2 is 1.38 bits per heavy atom. The van der Waals surface area contributed by atoms with Crippen molar-refractivity contribution in [2.75, 3.05) is 31.2 Å². The zero-order valence-corrected chi connectivity index (χ0v) is 29.8. The summed E-state index contributed by atoms with van der Waals surface area (Å²) < 4.78 is 38.0. The molecule has 0 aliphatic carbocycles. The number of rotatable bonds is 17. The summed E-state index contributed by atoms with van der Waals surface area (Å²) in [6.45, 7) is 5.44. The Morgan fingerprint density at radius 3 is 2.00 bits per heavy atom. The van der Waals surface area contributed by atoms with Crippen LogP contribution in [0.4, 0.5) is 5.69 Å². The summed E-state index contributed by atoms with van der Waals surface area (Å²) in [5, 5.41) is 20.6. The number of ether oxygens (including phenoxy) is 2. The number of nitrogens with one attached hydrogen (secondary N) is 4. The van der Waals surface area contributed by atoms with Gasteiger partial charge in [0.1, 0.15) is 11.5 Å². The van der Waals surface area contributed by atoms with Crippen LogP contribution in [0.5, 0.6) is 11.5 Å². The number of sulfonamides is 1. The average Bonchev–Trinajstić information content (AvgIpc) is 3.13. The highest BCUT2D eigenvalue weighted by atomic mass is 32.2. The van der Waals surface area contributed by atoms with E-state index in [9.17, 15) is 23.1 Å². The molecule has 5 N–H and O–H groups in total. The zero-order chi connectivity index (χ0) is 36.3. The van der Waals surface area contributed by atoms with Gasteiger partial charge >= 0.3 is 0 Å². The van der Waals surface area contributed by atoms with Gasteiger partial charge in [0.15, 0.2) is 0 Å². The van der Waals surface area contributed by atoms with Crippen LogP contribution in [-0.4, -0.2) is 64.0 Å². The molecule has 0 radical (unpaired) electrons. The van der Waals surface area contributed by atoms with E-state index in [2.05, 4.69) is 20.7 Å². The minimum absolute atomic E-state index is 0.0466. The van der Waals surface area contributed by atoms with Crippen molar-refractivity contribution < 1.29 is 32.6 Å². The van der Waals surface area contributed by atoms with E-state index in [4.69, 9.17) is 9.47 Å². The number of aliphatic hydroxyl groups excluding tert-OH is 1. The minimum Gasteiger partial charge on any atom is -0.497 e. The lowest BCUT2D eigenvalue weighted by molar-refractivity contribution is 0.0825. The van der Waals surface area contributed by atoms with Crippen LogP contribution in [0.15, 0.2) is 97.1 Å². The van der Waals surface area contributed by atoms with Gasteiger partial charge in [-0.1, -0.05) is 54.6 Å². The molecule has 50 heavy (non-hydrogen) atoms. The zero-order valence-electron chi connectivity index (χ0n) is 29.0. The van der Waals surface area contributed by atoms with Crippen molar-refractivity contribution in [1.82, 2.24) is 16.0 Å². The number of anilines is 1. The molecular formula is C38H46N4O7S. The molecule has 0 aromatic heterocycles. The Morgan fingerprint density at radius 1 is 0.740 bits per heavy atom. The normalized spacial score (nSPS) is 13.7. The van der Waals surface area contributed by atoms with Gasteiger partial charge in [-0.25, -0.2) is 8.42 Å². The lowest BCUT2D eigenvalue weighted by Crippen LogP contribution is -2.49. The van der Waals surface area contributed by atoms with Crippen LogP contribution in [0, 0.1) is 0 Å². The van der Waals surface area contributed by atoms with E-state index < -0.39 is 40.0 Å². The smallest absolute Gasteiger partial charge is 0.251 e. The molecule has 0 saturated carbocycles. The van der Waals surface area contributed by atoms with Gasteiger partial charge in [0, 0.05) is 23.7 Å². The standard InChI is InChI=1S/C38H46N4O7S/c1-6-50(46,47)42-32-21-30(37(44)40-26(3)29-13-10-14-34(23-29)49-5)20-31(22-32)38(45)41-35(19-27-11-8-7-9-12-27)36(43)24-39-25(2)28-15-17-33(48-4)18-16-28/h7-18,20-23,25-26,35-36,39,42-43H,6,19,24H2,1-5H3,(H,40,44)(H,41,45)/t25-,26-,35+,36-/m1/s1. The van der Waals surface area contributed by atoms with Gasteiger partial charge in [0.05, 0.1) is 43.8 Å². The summed E-state index contributed by atoms with van der Waals surface area (Å²) >= 11 is 0. The highest BCUT2D eigenvalue weighted by Gasteiger charge is 2.25. The molecule has 11 nitrogen and oxygen atoms in total. The second-order valence-electron chi connectivity index (χ2n) is 12.0. The summed E-state index contributed by atoms with van der Waals surface area (Å²) in [7, 11) is -0.572. The van der Waals surface area contributed by atoms with Gasteiger partial charge in [0.2, 0.25) is 10.0 Å². The van der Waals surface area contributed by atoms with E-state index in [1.807, 2.05) is 80.6 Å². The number of hydrogen-bond acceptors (Lipinski definition) is 8. The van der Waals surface area contributed by atoms with Crippen molar-refractivity contribution >= 4 is 27.5 Å². The number of amides is 2. The molecule has 0 bridgehead atoms. The van der Waals surface area contributed by atoms with Gasteiger partial charge < -0.3 is 30.5 Å². The van der Waals surface area contributed by atoms with Crippen molar-refractivity contribution in [3.05, 3.63) is 125 Å². The number of methoxy groups -OCH3 is 2. The summed E-state index contributed by atoms with van der Waals surface area (Å²) in [4.78, 5) is 27.4. The number of hydrogen-bond donors (Lipinski definition) is 5. The molecule has 0 aliphatic heterocycles. The van der Waals surface area contributed by atoms with Gasteiger partial charge in [-0.2, -0.15) is 0 Å². The van der Waals surface area contributed by atoms with Crippen molar-refractivity contribution in [2.45, 2.75) is 51.4 Å².